The number of rotatable bonds is 14. The fraction of sp³-hybridized carbons (Fsp3) is 0.132. The van der Waals surface area contributed by atoms with E-state index >= 15 is 0 Å². The number of carbonyl (C=O) groups is 1. The van der Waals surface area contributed by atoms with Crippen molar-refractivity contribution >= 4 is 60.8 Å². The quantitative estimate of drug-likeness (QED) is 0.0618. The van der Waals surface area contributed by atoms with Gasteiger partial charge in [0, 0.05) is 170 Å². The van der Waals surface area contributed by atoms with Crippen LogP contribution < -0.4 is 0 Å². The molecule has 0 bridgehead atoms. The summed E-state index contributed by atoms with van der Waals surface area (Å²) in [7, 11) is 0. The molecule has 0 saturated heterocycles. The van der Waals surface area contributed by atoms with Crippen LogP contribution in [0.1, 0.15) is 99.0 Å². The van der Waals surface area contributed by atoms with Gasteiger partial charge in [0.2, 0.25) is 11.4 Å². The van der Waals surface area contributed by atoms with Gasteiger partial charge in [-0.1, -0.05) is 241 Å². The minimum Gasteiger partial charge on any atom is -0.512 e. The van der Waals surface area contributed by atoms with Crippen molar-refractivity contribution in [2.24, 2.45) is 11.8 Å². The number of furan rings is 2. The molecule has 4 radical (unpaired) electrons. The Balaban J connectivity index is 0.000000151. The normalized spacial score (nSPS) is 11.1. The number of aliphatic hydroxyl groups excluding tert-OH is 1. The molecule has 736 valence electrons. The van der Waals surface area contributed by atoms with E-state index in [0.29, 0.717) is 36.1 Å². The van der Waals surface area contributed by atoms with E-state index in [1.807, 2.05) is 305 Å². The first kappa shape index (κ1) is 110. The van der Waals surface area contributed by atoms with Gasteiger partial charge in [-0.25, -0.2) is 9.97 Å². The number of pyridine rings is 9. The Morgan fingerprint density at radius 1 is 0.336 bits per heavy atom. The fourth-order valence-corrected chi connectivity index (χ4v) is 16.7. The molecule has 23 rings (SSSR count). The molecule has 13 nitrogen and oxygen atoms in total. The zero-order chi connectivity index (χ0) is 98.9. The molecular weight excluding hydrogens is 2510 g/mol. The largest absolute Gasteiger partial charge is 0.512 e. The Morgan fingerprint density at radius 2 is 0.801 bits per heavy atom. The molecule has 0 aliphatic heterocycles. The van der Waals surface area contributed by atoms with Gasteiger partial charge in [-0.15, -0.1) is 215 Å². The first-order chi connectivity index (χ1) is 69.1. The van der Waals surface area contributed by atoms with Crippen molar-refractivity contribution in [2.45, 2.75) is 101 Å². The van der Waals surface area contributed by atoms with Gasteiger partial charge in [0.05, 0.1) is 22.4 Å². The summed E-state index contributed by atoms with van der Waals surface area (Å²) in [6.07, 6.45) is 15.3. The van der Waals surface area contributed by atoms with Gasteiger partial charge in [-0.05, 0) is 189 Å². The molecule has 0 amide bonds. The molecule has 1 aliphatic carbocycles. The molecule has 0 unspecified atom stereocenters. The third-order valence-electron chi connectivity index (χ3n) is 23.6. The van der Waals surface area contributed by atoms with Crippen molar-refractivity contribution in [1.82, 2.24) is 44.9 Å². The number of ketones is 1. The number of hydrogen-bond acceptors (Lipinski definition) is 13. The van der Waals surface area contributed by atoms with Crippen molar-refractivity contribution in [3.63, 3.8) is 0 Å². The zero-order valence-corrected chi connectivity index (χ0v) is 92.7. The number of aryl methyl sites for hydroxylation is 6. The third kappa shape index (κ3) is 28.8. The summed E-state index contributed by atoms with van der Waals surface area (Å²) in [6.45, 7) is 24.9. The van der Waals surface area contributed by atoms with E-state index in [1.54, 1.807) is 18.6 Å². The molecule has 22 aromatic rings. The van der Waals surface area contributed by atoms with Crippen LogP contribution >= 0.6 is 0 Å². The molecule has 0 saturated carbocycles. The summed E-state index contributed by atoms with van der Waals surface area (Å²) >= 11 is 0. The summed E-state index contributed by atoms with van der Waals surface area (Å²) < 4.78 is 11.8. The average molecular weight is 2620 g/mol. The summed E-state index contributed by atoms with van der Waals surface area (Å²) in [4.78, 5) is 51.3. The summed E-state index contributed by atoms with van der Waals surface area (Å²) in [5, 5.41) is 14.7. The number of aliphatic hydroxyl groups is 1. The van der Waals surface area contributed by atoms with Crippen LogP contribution in [0.4, 0.5) is 0 Å². The standard InChI is InChI=1S/C32H26N.C17H11N2O.C17H12N.C16H9N2O.3C12H10N.C11H20O2.4Ir/c1-20-14-21(2)16-23(15-20)30-18-25(22-10-6-5-7-11-22)27-17-26-24-12-8-9-13-28(24)32(3,4)29(26)19-31(27)33-30;1-11-8-9-13-12-5-4-6-14(15-7-2-3-10-18-15)16(12)20-17(13)19-11;1-3-7-14(8-4-1)16-11-12-17(18-13-16)15-9-5-2-6-10-15;1-2-9-17-14(8-1)13-6-3-5-11-12-7-4-10-18-16(12)19-15(11)13;3*1-10-7-8-12(13-9-10)11-5-3-2-4-6-11;1-8(2)5-10(12)7-11(13)6-9(3)4;;;;/h5-15,17-19H,1-4H3;2-5,7-10H,1H3;1-9,11-13H;1-5,7-10H;3*2-5,7-9H,1H3;7-9,12H,5-6H2,1-4H3;;;;/q7*-1;;;;;. The molecule has 1 N–H and O–H groups in total. The Hall–Kier alpha value is -14.6. The van der Waals surface area contributed by atoms with Gasteiger partial charge >= 0.3 is 0 Å². The number of nitrogens with zero attached hydrogens (tertiary/aromatic N) is 9. The average Bonchev–Trinajstić information content (AvgIpc) is 1.56. The zero-order valence-electron chi connectivity index (χ0n) is 83.1. The second-order valence-electron chi connectivity index (χ2n) is 36.1. The van der Waals surface area contributed by atoms with Crippen LogP contribution in [0.2, 0.25) is 0 Å². The van der Waals surface area contributed by atoms with E-state index in [4.69, 9.17) is 13.8 Å². The van der Waals surface area contributed by atoms with E-state index in [0.717, 1.165) is 134 Å². The van der Waals surface area contributed by atoms with Gasteiger partial charge in [0.1, 0.15) is 0 Å². The van der Waals surface area contributed by atoms with E-state index in [-0.39, 0.29) is 97.4 Å². The SMILES string of the molecule is CC(C)CC(=O)C=C(O)CC(C)C.Cc1[c-]c(-c2cc(-c3ccccc3)c3cc4c(cc3n2)C(C)(C)c2ccccc2-4)cc(C)c1.Cc1ccc(-c2[c-]cccc2)nc1.Cc1ccc(-c2[c-]cccc2)nc1.Cc1ccc(-c2[c-]cccc2)nc1.Cc1ccc2c(n1)oc1c(-c3ccccn3)[c-]ccc12.[Ir].[Ir].[Ir].[Ir].[c-]1ccc2c(oc3ncccc32)c1-c1ccccn1.[c-]1ccccc1-c1ccc(-c2ccccc2)cn1. The maximum absolute atomic E-state index is 11.2. The van der Waals surface area contributed by atoms with E-state index in [9.17, 15) is 9.90 Å². The van der Waals surface area contributed by atoms with Crippen LogP contribution in [0.25, 0.3) is 167 Å². The summed E-state index contributed by atoms with van der Waals surface area (Å²) in [5.74, 6) is 0.979. The maximum Gasteiger partial charge on any atom is 0.216 e. The van der Waals surface area contributed by atoms with Gasteiger partial charge in [0.25, 0.3) is 0 Å². The second-order valence-corrected chi connectivity index (χ2v) is 36.1. The number of aromatic nitrogens is 9. The second kappa shape index (κ2) is 53.3. The molecule has 0 atom stereocenters. The van der Waals surface area contributed by atoms with Crippen molar-refractivity contribution < 1.29 is 99.2 Å². The first-order valence-electron chi connectivity index (χ1n) is 47.6. The number of hydrogen-bond donors (Lipinski definition) is 1. The molecule has 17 heteroatoms. The fourth-order valence-electron chi connectivity index (χ4n) is 16.7. The van der Waals surface area contributed by atoms with E-state index in [2.05, 4.69) is 231 Å². The smallest absolute Gasteiger partial charge is 0.216 e. The Kier molecular flexibility index (Phi) is 40.3. The Bertz CT molecular complexity index is 7700. The van der Waals surface area contributed by atoms with Crippen molar-refractivity contribution in [3.8, 4) is 112 Å². The van der Waals surface area contributed by atoms with Crippen molar-refractivity contribution in [1.29, 1.82) is 0 Å². The number of allylic oxidation sites excluding steroid dienone is 2. The molecule has 11 aromatic carbocycles. The van der Waals surface area contributed by atoms with Crippen LogP contribution in [0.5, 0.6) is 0 Å². The Labute approximate surface area is 910 Å². The number of carbonyl (C=O) groups excluding carboxylic acids is 1. The molecular formula is C129H108Ir4N9O4-7. The van der Waals surface area contributed by atoms with Crippen LogP contribution in [0.3, 0.4) is 0 Å². The predicted octanol–water partition coefficient (Wildman–Crippen LogP) is 32.2. The molecule has 0 spiro atoms. The van der Waals surface area contributed by atoms with Gasteiger partial charge in [0.15, 0.2) is 5.78 Å². The van der Waals surface area contributed by atoms with Crippen LogP contribution in [-0.4, -0.2) is 55.7 Å². The van der Waals surface area contributed by atoms with Crippen LogP contribution in [-0.2, 0) is 90.6 Å². The van der Waals surface area contributed by atoms with E-state index in [1.165, 1.54) is 72.7 Å². The van der Waals surface area contributed by atoms with Crippen LogP contribution in [0.15, 0.2) is 410 Å². The molecule has 1 aliphatic rings. The molecule has 146 heavy (non-hydrogen) atoms. The predicted molar refractivity (Wildman–Crippen MR) is 579 cm³/mol. The maximum atomic E-state index is 11.2. The molecule has 11 aromatic heterocycles. The molecule has 11 heterocycles. The van der Waals surface area contributed by atoms with Crippen molar-refractivity contribution in [2.75, 3.05) is 0 Å². The summed E-state index contributed by atoms with van der Waals surface area (Å²) in [6, 6.07) is 139. The minimum absolute atomic E-state index is 0. The Morgan fingerprint density at radius 3 is 1.27 bits per heavy atom. The molecule has 0 fully saturated rings. The number of fused-ring (bicyclic) bond motifs is 10. The van der Waals surface area contributed by atoms with Crippen LogP contribution in [0, 0.1) is 95.8 Å². The van der Waals surface area contributed by atoms with Gasteiger partial charge in [-0.2, -0.15) is 0 Å². The topological polar surface area (TPSA) is 180 Å². The van der Waals surface area contributed by atoms with Gasteiger partial charge in [-0.3, -0.25) is 9.78 Å². The first-order valence-corrected chi connectivity index (χ1v) is 47.6. The summed E-state index contributed by atoms with van der Waals surface area (Å²) in [5.41, 5.74) is 34.4. The minimum atomic E-state index is -0.0449. The van der Waals surface area contributed by atoms with Gasteiger partial charge < -0.3 is 43.8 Å². The number of benzene rings is 11. The van der Waals surface area contributed by atoms with Crippen molar-refractivity contribution in [3.05, 3.63) is 488 Å². The van der Waals surface area contributed by atoms with E-state index < -0.39 is 0 Å². The third-order valence-corrected chi connectivity index (χ3v) is 23.6. The monoisotopic (exact) mass is 2620 g/mol.